The zero-order chi connectivity index (χ0) is 14.7. The van der Waals surface area contributed by atoms with Crippen molar-refractivity contribution in [1.82, 2.24) is 9.88 Å². The van der Waals surface area contributed by atoms with Crippen molar-refractivity contribution in [2.24, 2.45) is 0 Å². The zero-order valence-electron chi connectivity index (χ0n) is 11.8. The van der Waals surface area contributed by atoms with Gasteiger partial charge in [0, 0.05) is 25.0 Å². The number of aromatic nitrogens is 1. The predicted octanol–water partition coefficient (Wildman–Crippen LogP) is 3.36. The van der Waals surface area contributed by atoms with Crippen molar-refractivity contribution in [3.05, 3.63) is 65.2 Å². The van der Waals surface area contributed by atoms with E-state index in [1.807, 2.05) is 19.1 Å². The number of nitrogens with zero attached hydrogens (tertiary/aromatic N) is 2. The maximum Gasteiger partial charge on any atom is 0.254 e. The average Bonchev–Trinajstić information content (AvgIpc) is 2.48. The molecule has 0 bridgehead atoms. The van der Waals surface area contributed by atoms with E-state index in [-0.39, 0.29) is 17.8 Å². The van der Waals surface area contributed by atoms with Crippen LogP contribution >= 0.6 is 0 Å². The summed E-state index contributed by atoms with van der Waals surface area (Å²) < 4.78 is 13.3. The quantitative estimate of drug-likeness (QED) is 0.858. The highest BCUT2D eigenvalue weighted by Crippen LogP contribution is 2.20. The van der Waals surface area contributed by atoms with Crippen molar-refractivity contribution in [1.29, 1.82) is 0 Å². The van der Waals surface area contributed by atoms with Gasteiger partial charge in [-0.25, -0.2) is 4.39 Å². The topological polar surface area (TPSA) is 33.2 Å². The fourth-order valence-corrected chi connectivity index (χ4v) is 2.02. The van der Waals surface area contributed by atoms with E-state index in [0.717, 1.165) is 5.56 Å². The summed E-state index contributed by atoms with van der Waals surface area (Å²) in [6, 6.07) is 8.10. The standard InChI is InChI=1S/C16H17FN2O/c1-11-10-14(4-5-15(11)17)16(20)19(3)12(2)13-6-8-18-9-7-13/h4-10,12H,1-3H3. The lowest BCUT2D eigenvalue weighted by molar-refractivity contribution is 0.0742. The highest BCUT2D eigenvalue weighted by molar-refractivity contribution is 5.94. The number of hydrogen-bond donors (Lipinski definition) is 0. The van der Waals surface area contributed by atoms with E-state index >= 15 is 0 Å². The molecule has 2 rings (SSSR count). The van der Waals surface area contributed by atoms with Crippen molar-refractivity contribution in [3.63, 3.8) is 0 Å². The second-order valence-electron chi connectivity index (χ2n) is 4.84. The minimum Gasteiger partial charge on any atom is -0.335 e. The number of hydrogen-bond acceptors (Lipinski definition) is 2. The number of amides is 1. The van der Waals surface area contributed by atoms with E-state index in [1.54, 1.807) is 37.3 Å². The number of pyridine rings is 1. The molecule has 1 unspecified atom stereocenters. The monoisotopic (exact) mass is 272 g/mol. The maximum atomic E-state index is 13.3. The summed E-state index contributed by atoms with van der Waals surface area (Å²) in [5.41, 5.74) is 1.97. The molecule has 2 aromatic rings. The smallest absolute Gasteiger partial charge is 0.254 e. The molecular formula is C16H17FN2O. The maximum absolute atomic E-state index is 13.3. The Morgan fingerprint density at radius 2 is 1.90 bits per heavy atom. The van der Waals surface area contributed by atoms with Crippen LogP contribution in [0, 0.1) is 12.7 Å². The largest absolute Gasteiger partial charge is 0.335 e. The molecule has 20 heavy (non-hydrogen) atoms. The lowest BCUT2D eigenvalue weighted by atomic mass is 10.1. The predicted molar refractivity (Wildman–Crippen MR) is 75.9 cm³/mol. The van der Waals surface area contributed by atoms with E-state index < -0.39 is 0 Å². The van der Waals surface area contributed by atoms with Crippen LogP contribution in [0.5, 0.6) is 0 Å². The first kappa shape index (κ1) is 14.2. The van der Waals surface area contributed by atoms with Crippen LogP contribution in [0.4, 0.5) is 4.39 Å². The highest BCUT2D eigenvalue weighted by atomic mass is 19.1. The van der Waals surface area contributed by atoms with Gasteiger partial charge in [-0.3, -0.25) is 9.78 Å². The third kappa shape index (κ3) is 2.85. The lowest BCUT2D eigenvalue weighted by Crippen LogP contribution is -2.29. The SMILES string of the molecule is Cc1cc(C(=O)N(C)C(C)c2ccncc2)ccc1F. The van der Waals surface area contributed by atoms with Crippen molar-refractivity contribution >= 4 is 5.91 Å². The van der Waals surface area contributed by atoms with Gasteiger partial charge in [0.05, 0.1) is 6.04 Å². The van der Waals surface area contributed by atoms with Gasteiger partial charge in [0.2, 0.25) is 0 Å². The van der Waals surface area contributed by atoms with E-state index in [4.69, 9.17) is 0 Å². The first-order valence-electron chi connectivity index (χ1n) is 6.44. The Bertz CT molecular complexity index is 613. The van der Waals surface area contributed by atoms with Crippen molar-refractivity contribution in [3.8, 4) is 0 Å². The van der Waals surface area contributed by atoms with Crippen molar-refractivity contribution < 1.29 is 9.18 Å². The molecule has 3 nitrogen and oxygen atoms in total. The Morgan fingerprint density at radius 3 is 2.50 bits per heavy atom. The molecule has 4 heteroatoms. The van der Waals surface area contributed by atoms with Gasteiger partial charge in [-0.15, -0.1) is 0 Å². The molecule has 0 aliphatic carbocycles. The second kappa shape index (κ2) is 5.82. The fraction of sp³-hybridized carbons (Fsp3) is 0.250. The van der Waals surface area contributed by atoms with Gasteiger partial charge in [0.25, 0.3) is 5.91 Å². The molecule has 1 amide bonds. The third-order valence-electron chi connectivity index (χ3n) is 3.49. The van der Waals surface area contributed by atoms with Crippen LogP contribution in [0.2, 0.25) is 0 Å². The minimum absolute atomic E-state index is 0.0733. The Labute approximate surface area is 118 Å². The Morgan fingerprint density at radius 1 is 1.25 bits per heavy atom. The van der Waals surface area contributed by atoms with Gasteiger partial charge in [0.15, 0.2) is 0 Å². The fourth-order valence-electron chi connectivity index (χ4n) is 2.02. The van der Waals surface area contributed by atoms with Gasteiger partial charge in [-0.2, -0.15) is 0 Å². The first-order valence-corrected chi connectivity index (χ1v) is 6.44. The van der Waals surface area contributed by atoms with Crippen LogP contribution in [0.3, 0.4) is 0 Å². The number of carbonyl (C=O) groups excluding carboxylic acids is 1. The minimum atomic E-state index is -0.300. The lowest BCUT2D eigenvalue weighted by Gasteiger charge is -2.25. The summed E-state index contributed by atoms with van der Waals surface area (Å²) >= 11 is 0. The molecule has 104 valence electrons. The van der Waals surface area contributed by atoms with Crippen LogP contribution < -0.4 is 0 Å². The molecule has 1 aromatic heterocycles. The summed E-state index contributed by atoms with van der Waals surface area (Å²) in [6.45, 7) is 3.60. The summed E-state index contributed by atoms with van der Waals surface area (Å²) in [7, 11) is 1.74. The third-order valence-corrected chi connectivity index (χ3v) is 3.49. The molecule has 0 saturated carbocycles. The van der Waals surface area contributed by atoms with Crippen LogP contribution in [0.25, 0.3) is 0 Å². The molecular weight excluding hydrogens is 255 g/mol. The average molecular weight is 272 g/mol. The number of rotatable bonds is 3. The highest BCUT2D eigenvalue weighted by Gasteiger charge is 2.19. The Hall–Kier alpha value is -2.23. The zero-order valence-corrected chi connectivity index (χ0v) is 11.8. The summed E-state index contributed by atoms with van der Waals surface area (Å²) in [5, 5.41) is 0. The Kier molecular flexibility index (Phi) is 4.13. The van der Waals surface area contributed by atoms with E-state index in [1.165, 1.54) is 12.1 Å². The molecule has 0 radical (unpaired) electrons. The molecule has 0 fully saturated rings. The van der Waals surface area contributed by atoms with Gasteiger partial charge in [-0.05, 0) is 55.3 Å². The number of aryl methyl sites for hydroxylation is 1. The summed E-state index contributed by atoms with van der Waals surface area (Å²) in [5.74, 6) is -0.427. The summed E-state index contributed by atoms with van der Waals surface area (Å²) in [6.07, 6.45) is 3.40. The molecule has 1 aromatic carbocycles. The molecule has 1 heterocycles. The van der Waals surface area contributed by atoms with Crippen LogP contribution in [-0.4, -0.2) is 22.8 Å². The first-order chi connectivity index (χ1) is 9.50. The van der Waals surface area contributed by atoms with Crippen LogP contribution in [0.15, 0.2) is 42.7 Å². The van der Waals surface area contributed by atoms with E-state index in [0.29, 0.717) is 11.1 Å². The normalized spacial score (nSPS) is 12.0. The van der Waals surface area contributed by atoms with E-state index in [9.17, 15) is 9.18 Å². The molecule has 0 aliphatic rings. The van der Waals surface area contributed by atoms with Crippen LogP contribution in [-0.2, 0) is 0 Å². The number of halogens is 1. The van der Waals surface area contributed by atoms with Crippen LogP contribution in [0.1, 0.15) is 34.5 Å². The van der Waals surface area contributed by atoms with Gasteiger partial charge in [-0.1, -0.05) is 0 Å². The number of carbonyl (C=O) groups is 1. The molecule has 0 spiro atoms. The summed E-state index contributed by atoms with van der Waals surface area (Å²) in [4.78, 5) is 18.0. The second-order valence-corrected chi connectivity index (χ2v) is 4.84. The van der Waals surface area contributed by atoms with Crippen molar-refractivity contribution in [2.45, 2.75) is 19.9 Å². The molecule has 0 N–H and O–H groups in total. The van der Waals surface area contributed by atoms with Gasteiger partial charge >= 0.3 is 0 Å². The molecule has 0 aliphatic heterocycles. The number of benzene rings is 1. The van der Waals surface area contributed by atoms with E-state index in [2.05, 4.69) is 4.98 Å². The Balaban J connectivity index is 2.22. The van der Waals surface area contributed by atoms with Gasteiger partial charge in [0.1, 0.15) is 5.82 Å². The molecule has 0 saturated heterocycles. The van der Waals surface area contributed by atoms with Gasteiger partial charge < -0.3 is 4.90 Å². The van der Waals surface area contributed by atoms with Crippen molar-refractivity contribution in [2.75, 3.05) is 7.05 Å². The molecule has 1 atom stereocenters.